The molecule has 0 heterocycles. The van der Waals surface area contributed by atoms with Crippen molar-refractivity contribution in [1.82, 2.24) is 5.32 Å². The topological polar surface area (TPSA) is 24.1 Å². The maximum absolute atomic E-state index is 13.4. The second-order valence-electron chi connectivity index (χ2n) is 4.39. The predicted octanol–water partition coefficient (Wildman–Crippen LogP) is 3.76. The van der Waals surface area contributed by atoms with Crippen LogP contribution in [0.5, 0.6) is 0 Å². The molecule has 104 valence electrons. The molecule has 0 saturated carbocycles. The first-order valence-corrected chi connectivity index (χ1v) is 6.51. The highest BCUT2D eigenvalue weighted by atomic mass is 32.1. The molecule has 0 aliphatic rings. The molecule has 0 aromatic heterocycles. The molecule has 0 aliphatic carbocycles. The minimum Gasteiger partial charge on any atom is -0.358 e. The van der Waals surface area contributed by atoms with Crippen LogP contribution in [-0.4, -0.2) is 5.11 Å². The van der Waals surface area contributed by atoms with Gasteiger partial charge in [-0.2, -0.15) is 0 Å². The van der Waals surface area contributed by atoms with Crippen LogP contribution in [0.4, 0.5) is 14.5 Å². The number of thiocarbonyl (C=S) groups is 1. The standard InChI is InChI=1S/C15H14F2N2S/c1-10-5-7-11(8-6-10)9-18-15(20)19-14-12(16)3-2-4-13(14)17/h2-8H,9H2,1H3,(H2,18,19,20). The fourth-order valence-corrected chi connectivity index (χ4v) is 1.84. The second kappa shape index (κ2) is 6.43. The average Bonchev–Trinajstić information content (AvgIpc) is 2.42. The van der Waals surface area contributed by atoms with Gasteiger partial charge in [0.25, 0.3) is 0 Å². The zero-order chi connectivity index (χ0) is 14.5. The molecule has 0 amide bonds. The third kappa shape index (κ3) is 3.74. The Morgan fingerprint density at radius 1 is 1.05 bits per heavy atom. The van der Waals surface area contributed by atoms with E-state index in [9.17, 15) is 8.78 Å². The molecule has 2 rings (SSSR count). The lowest BCUT2D eigenvalue weighted by Gasteiger charge is -2.12. The Balaban J connectivity index is 1.94. The van der Waals surface area contributed by atoms with E-state index < -0.39 is 11.6 Å². The quantitative estimate of drug-likeness (QED) is 0.842. The number of anilines is 1. The van der Waals surface area contributed by atoms with Gasteiger partial charge in [-0.25, -0.2) is 8.78 Å². The SMILES string of the molecule is Cc1ccc(CNC(=S)Nc2c(F)cccc2F)cc1. The van der Waals surface area contributed by atoms with E-state index in [1.165, 1.54) is 23.8 Å². The third-order valence-corrected chi connectivity index (χ3v) is 3.02. The Morgan fingerprint density at radius 2 is 1.65 bits per heavy atom. The van der Waals surface area contributed by atoms with Crippen molar-refractivity contribution in [2.24, 2.45) is 0 Å². The van der Waals surface area contributed by atoms with E-state index in [0.29, 0.717) is 6.54 Å². The van der Waals surface area contributed by atoms with E-state index in [1.54, 1.807) is 0 Å². The highest BCUT2D eigenvalue weighted by Crippen LogP contribution is 2.17. The van der Waals surface area contributed by atoms with Gasteiger partial charge in [-0.1, -0.05) is 35.9 Å². The highest BCUT2D eigenvalue weighted by Gasteiger charge is 2.09. The summed E-state index contributed by atoms with van der Waals surface area (Å²) >= 11 is 5.02. The predicted molar refractivity (Wildman–Crippen MR) is 80.6 cm³/mol. The van der Waals surface area contributed by atoms with Crippen molar-refractivity contribution >= 4 is 23.0 Å². The van der Waals surface area contributed by atoms with Gasteiger partial charge in [-0.3, -0.25) is 0 Å². The summed E-state index contributed by atoms with van der Waals surface area (Å²) in [6.07, 6.45) is 0. The van der Waals surface area contributed by atoms with Crippen LogP contribution in [0.15, 0.2) is 42.5 Å². The third-order valence-electron chi connectivity index (χ3n) is 2.77. The van der Waals surface area contributed by atoms with Crippen LogP contribution >= 0.6 is 12.2 Å². The minimum atomic E-state index is -0.676. The number of hydrogen-bond acceptors (Lipinski definition) is 1. The average molecular weight is 292 g/mol. The molecular formula is C15H14F2N2S. The first-order valence-electron chi connectivity index (χ1n) is 6.10. The summed E-state index contributed by atoms with van der Waals surface area (Å²) in [7, 11) is 0. The molecule has 0 fully saturated rings. The number of nitrogens with one attached hydrogen (secondary N) is 2. The lowest BCUT2D eigenvalue weighted by Crippen LogP contribution is -2.28. The number of hydrogen-bond donors (Lipinski definition) is 2. The molecule has 2 nitrogen and oxygen atoms in total. The zero-order valence-corrected chi connectivity index (χ0v) is 11.7. The van der Waals surface area contributed by atoms with Crippen molar-refractivity contribution in [3.8, 4) is 0 Å². The normalized spacial score (nSPS) is 10.2. The molecule has 0 spiro atoms. The lowest BCUT2D eigenvalue weighted by atomic mass is 10.1. The lowest BCUT2D eigenvalue weighted by molar-refractivity contribution is 0.591. The van der Waals surface area contributed by atoms with Gasteiger partial charge >= 0.3 is 0 Å². The Bertz CT molecular complexity index is 592. The maximum atomic E-state index is 13.4. The molecule has 0 bridgehead atoms. The van der Waals surface area contributed by atoms with Crippen LogP contribution in [-0.2, 0) is 6.54 Å². The van der Waals surface area contributed by atoms with Crippen molar-refractivity contribution in [3.63, 3.8) is 0 Å². The molecule has 0 aliphatic heterocycles. The van der Waals surface area contributed by atoms with Crippen LogP contribution in [0.2, 0.25) is 0 Å². The Labute approximate surface area is 121 Å². The van der Waals surface area contributed by atoms with Crippen LogP contribution in [0.3, 0.4) is 0 Å². The Kier molecular flexibility index (Phi) is 4.63. The van der Waals surface area contributed by atoms with Crippen molar-refractivity contribution < 1.29 is 8.78 Å². The molecule has 5 heteroatoms. The summed E-state index contributed by atoms with van der Waals surface area (Å²) < 4.78 is 26.9. The number of para-hydroxylation sites is 1. The summed E-state index contributed by atoms with van der Waals surface area (Å²) in [6, 6.07) is 11.6. The smallest absolute Gasteiger partial charge is 0.171 e. The molecule has 2 N–H and O–H groups in total. The van der Waals surface area contributed by atoms with E-state index in [1.807, 2.05) is 31.2 Å². The highest BCUT2D eigenvalue weighted by molar-refractivity contribution is 7.80. The summed E-state index contributed by atoms with van der Waals surface area (Å²) in [4.78, 5) is 0. The fourth-order valence-electron chi connectivity index (χ4n) is 1.66. The van der Waals surface area contributed by atoms with Gasteiger partial charge in [0.15, 0.2) is 5.11 Å². The summed E-state index contributed by atoms with van der Waals surface area (Å²) in [5.41, 5.74) is 1.96. The Hall–Kier alpha value is -2.01. The molecule has 0 atom stereocenters. The van der Waals surface area contributed by atoms with E-state index in [0.717, 1.165) is 5.56 Å². The van der Waals surface area contributed by atoms with E-state index in [2.05, 4.69) is 10.6 Å². The summed E-state index contributed by atoms with van der Waals surface area (Å²) in [6.45, 7) is 2.49. The van der Waals surface area contributed by atoms with E-state index in [-0.39, 0.29) is 10.8 Å². The van der Waals surface area contributed by atoms with Gasteiger partial charge < -0.3 is 10.6 Å². The zero-order valence-electron chi connectivity index (χ0n) is 10.9. The summed E-state index contributed by atoms with van der Waals surface area (Å²) in [5.74, 6) is -1.35. The van der Waals surface area contributed by atoms with Gasteiger partial charge in [-0.15, -0.1) is 0 Å². The van der Waals surface area contributed by atoms with Crippen molar-refractivity contribution in [2.75, 3.05) is 5.32 Å². The second-order valence-corrected chi connectivity index (χ2v) is 4.80. The molecule has 2 aromatic carbocycles. The molecule has 2 aromatic rings. The number of halogens is 2. The van der Waals surface area contributed by atoms with Crippen molar-refractivity contribution in [3.05, 3.63) is 65.2 Å². The Morgan fingerprint density at radius 3 is 2.25 bits per heavy atom. The number of aryl methyl sites for hydroxylation is 1. The summed E-state index contributed by atoms with van der Waals surface area (Å²) in [5, 5.41) is 5.61. The van der Waals surface area contributed by atoms with Crippen LogP contribution in [0.1, 0.15) is 11.1 Å². The van der Waals surface area contributed by atoms with Gasteiger partial charge in [-0.05, 0) is 36.8 Å². The van der Waals surface area contributed by atoms with Gasteiger partial charge in [0.05, 0.1) is 0 Å². The van der Waals surface area contributed by atoms with Crippen molar-refractivity contribution in [2.45, 2.75) is 13.5 Å². The molecule has 0 radical (unpaired) electrons. The molecule has 0 unspecified atom stereocenters. The minimum absolute atomic E-state index is 0.176. The number of benzene rings is 2. The number of rotatable bonds is 3. The maximum Gasteiger partial charge on any atom is 0.171 e. The largest absolute Gasteiger partial charge is 0.358 e. The van der Waals surface area contributed by atoms with Gasteiger partial charge in [0.1, 0.15) is 17.3 Å². The molecule has 20 heavy (non-hydrogen) atoms. The van der Waals surface area contributed by atoms with Crippen LogP contribution in [0, 0.1) is 18.6 Å². The van der Waals surface area contributed by atoms with Crippen molar-refractivity contribution in [1.29, 1.82) is 0 Å². The molecular weight excluding hydrogens is 278 g/mol. The monoisotopic (exact) mass is 292 g/mol. The molecule has 0 saturated heterocycles. The van der Waals surface area contributed by atoms with E-state index in [4.69, 9.17) is 12.2 Å². The van der Waals surface area contributed by atoms with Gasteiger partial charge in [0.2, 0.25) is 0 Å². The van der Waals surface area contributed by atoms with Crippen LogP contribution < -0.4 is 10.6 Å². The van der Waals surface area contributed by atoms with Gasteiger partial charge in [0, 0.05) is 6.54 Å². The van der Waals surface area contributed by atoms with Crippen LogP contribution in [0.25, 0.3) is 0 Å². The first kappa shape index (κ1) is 14.4. The van der Waals surface area contributed by atoms with E-state index >= 15 is 0 Å². The fraction of sp³-hybridized carbons (Fsp3) is 0.133. The first-order chi connectivity index (χ1) is 9.56.